The minimum atomic E-state index is -3.10. The molecule has 0 fully saturated rings. The quantitative estimate of drug-likeness (QED) is 0.271. The van der Waals surface area contributed by atoms with E-state index >= 15 is 0 Å². The Morgan fingerprint density at radius 2 is 2.00 bits per heavy atom. The van der Waals surface area contributed by atoms with Crippen molar-refractivity contribution < 1.29 is 27.2 Å². The normalized spacial score (nSPS) is 13.5. The molecular weight excluding hydrogens is 322 g/mol. The fourth-order valence-corrected chi connectivity index (χ4v) is 1.88. The van der Waals surface area contributed by atoms with Crippen molar-refractivity contribution in [2.45, 2.75) is 33.1 Å². The largest absolute Gasteiger partial charge is 0.345 e. The molecule has 0 radical (unpaired) electrons. The third-order valence-corrected chi connectivity index (χ3v) is 2.89. The summed E-state index contributed by atoms with van der Waals surface area (Å²) in [5.74, 6) is 5.26. The number of nitrogens with two attached hydrogens (primary N) is 1. The molecule has 0 aliphatic heterocycles. The maximum atomic E-state index is 12.8. The second kappa shape index (κ2) is 7.88. The Labute approximate surface area is 129 Å². The van der Waals surface area contributed by atoms with E-state index in [-0.39, 0.29) is 27.5 Å². The first-order valence-electron chi connectivity index (χ1n) is 6.36. The molecule has 1 unspecified atom stereocenters. The van der Waals surface area contributed by atoms with E-state index < -0.39 is 24.2 Å². The number of aryl methyl sites for hydroxylation is 1. The van der Waals surface area contributed by atoms with Gasteiger partial charge in [-0.15, -0.1) is 0 Å². The van der Waals surface area contributed by atoms with Gasteiger partial charge >= 0.3 is 13.2 Å². The Bertz CT molecular complexity index is 596. The number of alkyl halides is 4. The lowest BCUT2D eigenvalue weighted by molar-refractivity contribution is -0.385. The van der Waals surface area contributed by atoms with E-state index in [0.29, 0.717) is 0 Å². The van der Waals surface area contributed by atoms with Gasteiger partial charge < -0.3 is 4.74 Å². The lowest BCUT2D eigenvalue weighted by Crippen LogP contribution is -2.35. The van der Waals surface area contributed by atoms with Crippen molar-refractivity contribution in [3.8, 4) is 0 Å². The molecule has 128 valence electrons. The second-order valence-electron chi connectivity index (χ2n) is 4.60. The van der Waals surface area contributed by atoms with E-state index in [2.05, 4.69) is 4.74 Å². The molecule has 2 N–H and O–H groups in total. The number of hydrogen-bond acceptors (Lipinski definition) is 5. The molecule has 6 nitrogen and oxygen atoms in total. The zero-order valence-corrected chi connectivity index (χ0v) is 12.2. The Hall–Kier alpha value is -2.20. The highest BCUT2D eigenvalue weighted by Crippen LogP contribution is 2.26. The summed E-state index contributed by atoms with van der Waals surface area (Å²) in [6, 6.07) is 3.59. The summed E-state index contributed by atoms with van der Waals surface area (Å²) in [6.07, 6.45) is -0.218. The van der Waals surface area contributed by atoms with Gasteiger partial charge in [-0.05, 0) is 37.6 Å². The summed E-state index contributed by atoms with van der Waals surface area (Å²) in [5.41, 5.74) is -0.166. The maximum Gasteiger partial charge on any atom is 0.345 e. The van der Waals surface area contributed by atoms with Crippen LogP contribution in [0.1, 0.15) is 18.1 Å². The number of nitrogens with zero attached hydrogens (tertiary/aromatic N) is 2. The molecule has 0 aliphatic rings. The van der Waals surface area contributed by atoms with Gasteiger partial charge in [-0.2, -0.15) is 17.6 Å². The molecular formula is C13H15F4N3O3. The van der Waals surface area contributed by atoms with Crippen LogP contribution in [0.5, 0.6) is 0 Å². The van der Waals surface area contributed by atoms with E-state index in [1.54, 1.807) is 0 Å². The van der Waals surface area contributed by atoms with Gasteiger partial charge in [-0.3, -0.25) is 15.1 Å². The summed E-state index contributed by atoms with van der Waals surface area (Å²) in [7, 11) is 0. The molecule has 23 heavy (non-hydrogen) atoms. The fraction of sp³-hybridized carbons (Fsp3) is 0.385. The molecule has 0 heterocycles. The van der Waals surface area contributed by atoms with Crippen molar-refractivity contribution in [1.29, 1.82) is 0 Å². The van der Waals surface area contributed by atoms with E-state index in [0.717, 1.165) is 12.1 Å². The second-order valence-corrected chi connectivity index (χ2v) is 4.60. The van der Waals surface area contributed by atoms with Gasteiger partial charge in [0.15, 0.2) is 0 Å². The highest BCUT2D eigenvalue weighted by molar-refractivity contribution is 5.66. The molecule has 1 aromatic carbocycles. The van der Waals surface area contributed by atoms with Gasteiger partial charge in [0.05, 0.1) is 16.7 Å². The third kappa shape index (κ3) is 5.18. The summed E-state index contributed by atoms with van der Waals surface area (Å²) in [5, 5.41) is 10.9. The van der Waals surface area contributed by atoms with E-state index in [1.165, 1.54) is 26.0 Å². The average molecular weight is 337 g/mol. The molecule has 0 spiro atoms. The molecule has 1 rings (SSSR count). The van der Waals surface area contributed by atoms with Gasteiger partial charge in [0.2, 0.25) is 0 Å². The van der Waals surface area contributed by atoms with Crippen LogP contribution in [0.2, 0.25) is 0 Å². The predicted molar refractivity (Wildman–Crippen MR) is 74.4 cm³/mol. The number of rotatable bonds is 7. The molecule has 1 atom stereocenters. The summed E-state index contributed by atoms with van der Waals surface area (Å²) < 4.78 is 54.2. The van der Waals surface area contributed by atoms with E-state index in [9.17, 15) is 27.7 Å². The zero-order valence-electron chi connectivity index (χ0n) is 12.2. The average Bonchev–Trinajstić information content (AvgIpc) is 2.42. The van der Waals surface area contributed by atoms with E-state index in [1.807, 2.05) is 0 Å². The zero-order chi connectivity index (χ0) is 17.7. The van der Waals surface area contributed by atoms with Crippen LogP contribution in [0.25, 0.3) is 5.70 Å². The SMILES string of the molecule is Cc1cc(/C(=C/C(C)OC(F)F)N(N)C(F)F)ccc1[N+](=O)[O-]. The Morgan fingerprint density at radius 1 is 1.39 bits per heavy atom. The van der Waals surface area contributed by atoms with Crippen LogP contribution < -0.4 is 5.84 Å². The van der Waals surface area contributed by atoms with Crippen molar-refractivity contribution in [1.82, 2.24) is 5.01 Å². The fourth-order valence-electron chi connectivity index (χ4n) is 1.88. The first-order chi connectivity index (χ1) is 10.6. The minimum absolute atomic E-state index is 0.0753. The standard InChI is InChI=1S/C13H15F4N3O3/c1-7-5-9(3-4-10(7)20(21)22)11(19(18)12(14)15)6-8(2)23-13(16)17/h3-6,8,12-13H,18H2,1-2H3/b11-6-. The highest BCUT2D eigenvalue weighted by atomic mass is 19.3. The van der Waals surface area contributed by atoms with Gasteiger partial charge in [-0.1, -0.05) is 0 Å². The van der Waals surface area contributed by atoms with Crippen LogP contribution in [0.3, 0.4) is 0 Å². The maximum absolute atomic E-state index is 12.8. The number of nitro groups is 1. The van der Waals surface area contributed by atoms with Gasteiger partial charge in [0.25, 0.3) is 5.69 Å². The number of hydrazine groups is 1. The highest BCUT2D eigenvalue weighted by Gasteiger charge is 2.21. The van der Waals surface area contributed by atoms with Crippen LogP contribution >= 0.6 is 0 Å². The number of nitro benzene ring substituents is 1. The van der Waals surface area contributed by atoms with Crippen LogP contribution in [0, 0.1) is 17.0 Å². The smallest absolute Gasteiger partial charge is 0.316 e. The molecule has 0 bridgehead atoms. The molecule has 0 aromatic heterocycles. The number of hydrogen-bond donors (Lipinski definition) is 1. The Balaban J connectivity index is 3.27. The van der Waals surface area contributed by atoms with Crippen molar-refractivity contribution >= 4 is 11.4 Å². The Morgan fingerprint density at radius 3 is 2.43 bits per heavy atom. The van der Waals surface area contributed by atoms with Gasteiger partial charge in [0.1, 0.15) is 0 Å². The van der Waals surface area contributed by atoms with Crippen LogP contribution in [-0.4, -0.2) is 29.2 Å². The van der Waals surface area contributed by atoms with Gasteiger partial charge in [-0.25, -0.2) is 5.84 Å². The number of ether oxygens (including phenoxy) is 1. The van der Waals surface area contributed by atoms with Crippen molar-refractivity contribution in [2.24, 2.45) is 5.84 Å². The first-order valence-corrected chi connectivity index (χ1v) is 6.36. The summed E-state index contributed by atoms with van der Waals surface area (Å²) >= 11 is 0. The number of benzene rings is 1. The monoisotopic (exact) mass is 337 g/mol. The van der Waals surface area contributed by atoms with Crippen LogP contribution in [0.4, 0.5) is 23.2 Å². The summed E-state index contributed by atoms with van der Waals surface area (Å²) in [6.45, 7) is -3.54. The molecule has 0 saturated carbocycles. The topological polar surface area (TPSA) is 81.6 Å². The predicted octanol–water partition coefficient (Wildman–Crippen LogP) is 3.27. The van der Waals surface area contributed by atoms with Crippen LogP contribution in [-0.2, 0) is 4.74 Å². The molecule has 0 aliphatic carbocycles. The lowest BCUT2D eigenvalue weighted by Gasteiger charge is -2.23. The molecule has 0 amide bonds. The molecule has 10 heteroatoms. The minimum Gasteiger partial charge on any atom is -0.316 e. The summed E-state index contributed by atoms with van der Waals surface area (Å²) in [4.78, 5) is 10.1. The first kappa shape index (κ1) is 18.8. The van der Waals surface area contributed by atoms with Crippen LogP contribution in [0.15, 0.2) is 24.3 Å². The Kier molecular flexibility index (Phi) is 6.46. The van der Waals surface area contributed by atoms with Crippen molar-refractivity contribution in [3.63, 3.8) is 0 Å². The molecule has 1 aromatic rings. The van der Waals surface area contributed by atoms with Crippen molar-refractivity contribution in [3.05, 3.63) is 45.5 Å². The van der Waals surface area contributed by atoms with E-state index in [4.69, 9.17) is 5.84 Å². The lowest BCUT2D eigenvalue weighted by atomic mass is 10.1. The molecule has 0 saturated heterocycles. The van der Waals surface area contributed by atoms with Gasteiger partial charge in [0, 0.05) is 11.6 Å². The van der Waals surface area contributed by atoms with Crippen molar-refractivity contribution in [2.75, 3.05) is 0 Å². The third-order valence-electron chi connectivity index (χ3n) is 2.89. The number of halogens is 4.